The van der Waals surface area contributed by atoms with Crippen LogP contribution in [0, 0.1) is 18.7 Å². The van der Waals surface area contributed by atoms with Gasteiger partial charge in [-0.1, -0.05) is 19.1 Å². The molecule has 1 fully saturated rings. The van der Waals surface area contributed by atoms with Gasteiger partial charge in [0.15, 0.2) is 0 Å². The Morgan fingerprint density at radius 1 is 1.38 bits per heavy atom. The number of rotatable bonds is 3. The third-order valence-electron chi connectivity index (χ3n) is 4.96. The van der Waals surface area contributed by atoms with Gasteiger partial charge in [0, 0.05) is 18.3 Å². The Morgan fingerprint density at radius 3 is 3.04 bits per heavy atom. The van der Waals surface area contributed by atoms with E-state index in [-0.39, 0.29) is 29.7 Å². The van der Waals surface area contributed by atoms with Gasteiger partial charge in [-0.05, 0) is 74.1 Å². The summed E-state index contributed by atoms with van der Waals surface area (Å²) < 4.78 is 13.4. The Bertz CT molecular complexity index is 754. The first-order chi connectivity index (χ1) is 12.5. The van der Waals surface area contributed by atoms with Gasteiger partial charge >= 0.3 is 0 Å². The highest BCUT2D eigenvalue weighted by atomic mass is 19.1. The molecule has 2 aliphatic heterocycles. The van der Waals surface area contributed by atoms with E-state index in [1.165, 1.54) is 6.07 Å². The van der Waals surface area contributed by atoms with Crippen molar-refractivity contribution in [2.45, 2.75) is 45.2 Å². The predicted molar refractivity (Wildman–Crippen MR) is 103 cm³/mol. The van der Waals surface area contributed by atoms with Gasteiger partial charge in [0.1, 0.15) is 11.5 Å². The summed E-state index contributed by atoms with van der Waals surface area (Å²) in [5.74, 6) is -0.0545. The fraction of sp³-hybridized carbons (Fsp3) is 0.429. The van der Waals surface area contributed by atoms with Crippen molar-refractivity contribution < 1.29 is 9.18 Å². The number of nitrogens with one attached hydrogen (secondary N) is 2. The molecule has 0 spiro atoms. The van der Waals surface area contributed by atoms with Crippen LogP contribution in [0.15, 0.2) is 47.1 Å². The molecule has 1 unspecified atom stereocenters. The smallest absolute Gasteiger partial charge is 0.269 e. The second-order valence-electron chi connectivity index (χ2n) is 7.17. The molecule has 1 saturated heterocycles. The van der Waals surface area contributed by atoms with E-state index in [0.29, 0.717) is 5.70 Å². The van der Waals surface area contributed by atoms with Crippen molar-refractivity contribution in [2.75, 3.05) is 6.54 Å². The number of hydrogen-bond acceptors (Lipinski definition) is 3. The van der Waals surface area contributed by atoms with Crippen LogP contribution in [-0.2, 0) is 4.79 Å². The van der Waals surface area contributed by atoms with Crippen molar-refractivity contribution in [3.8, 4) is 0 Å². The zero-order valence-electron chi connectivity index (χ0n) is 15.3. The molecule has 138 valence electrons. The van der Waals surface area contributed by atoms with Crippen molar-refractivity contribution in [1.82, 2.24) is 10.6 Å². The van der Waals surface area contributed by atoms with Crippen molar-refractivity contribution in [3.63, 3.8) is 0 Å². The van der Waals surface area contributed by atoms with Crippen LogP contribution < -0.4 is 10.6 Å². The topological polar surface area (TPSA) is 53.5 Å². The third kappa shape index (κ3) is 4.67. The Kier molecular flexibility index (Phi) is 5.99. The number of aryl methyl sites for hydroxylation is 1. The van der Waals surface area contributed by atoms with Gasteiger partial charge < -0.3 is 10.6 Å². The average Bonchev–Trinajstić information content (AvgIpc) is 2.58. The van der Waals surface area contributed by atoms with E-state index in [1.54, 1.807) is 12.3 Å². The fourth-order valence-electron chi connectivity index (χ4n) is 3.57. The molecule has 0 bridgehead atoms. The maximum Gasteiger partial charge on any atom is 0.269 e. The first-order valence-corrected chi connectivity index (χ1v) is 9.24. The largest absolute Gasteiger partial charge is 0.348 e. The van der Waals surface area contributed by atoms with Crippen LogP contribution in [-0.4, -0.2) is 24.7 Å². The van der Waals surface area contributed by atoms with E-state index in [9.17, 15) is 9.18 Å². The summed E-state index contributed by atoms with van der Waals surface area (Å²) in [6, 6.07) is 5.08. The molecule has 1 amide bonds. The summed E-state index contributed by atoms with van der Waals surface area (Å²) in [4.78, 5) is 16.9. The normalized spacial score (nSPS) is 27.2. The second-order valence-corrected chi connectivity index (χ2v) is 7.17. The number of benzene rings is 1. The summed E-state index contributed by atoms with van der Waals surface area (Å²) in [5.41, 5.74) is 2.50. The van der Waals surface area contributed by atoms with Crippen molar-refractivity contribution >= 4 is 12.1 Å². The molecule has 0 radical (unpaired) electrons. The van der Waals surface area contributed by atoms with Gasteiger partial charge in [-0.3, -0.25) is 9.79 Å². The van der Waals surface area contributed by atoms with Crippen LogP contribution in [0.1, 0.15) is 43.4 Å². The second kappa shape index (κ2) is 8.41. The van der Waals surface area contributed by atoms with Crippen molar-refractivity contribution in [1.29, 1.82) is 0 Å². The molecule has 1 aromatic carbocycles. The Morgan fingerprint density at radius 2 is 2.23 bits per heavy atom. The van der Waals surface area contributed by atoms with Crippen LogP contribution in [0.3, 0.4) is 0 Å². The molecule has 4 nitrogen and oxygen atoms in total. The zero-order chi connectivity index (χ0) is 18.5. The molecule has 0 aliphatic carbocycles. The number of allylic oxidation sites excluding steroid dienone is 3. The highest BCUT2D eigenvalue weighted by molar-refractivity contribution is 5.95. The summed E-state index contributed by atoms with van der Waals surface area (Å²) in [6.07, 6.45) is 10.1. The first-order valence-electron chi connectivity index (χ1n) is 9.24. The standard InChI is InChI=1S/C21H26FN3O/c1-14-5-3-4-9-23-20(11-14)21(26)25-17-8-10-24-19(13-17)18-7-6-16(22)12-15(18)2/h3-4,6-7,9,11-12,14,17,19,24H,5,8,10,13H2,1-2H3,(H,25,26)/b4-3+,20-11?,23-9?/t14?,17-,19-/m1/s1. The molecule has 0 aromatic heterocycles. The van der Waals surface area contributed by atoms with Gasteiger partial charge in [0.2, 0.25) is 0 Å². The molecule has 3 atom stereocenters. The maximum atomic E-state index is 13.4. The summed E-state index contributed by atoms with van der Waals surface area (Å²) in [5, 5.41) is 6.61. The monoisotopic (exact) mass is 355 g/mol. The molecule has 0 saturated carbocycles. The SMILES string of the molecule is Cc1cc(F)ccc1[C@H]1C[C@H](NC(=O)C2=CC(C)C/C=C/C=N2)CCN1. The Balaban J connectivity index is 1.67. The van der Waals surface area contributed by atoms with Crippen LogP contribution in [0.5, 0.6) is 0 Å². The van der Waals surface area contributed by atoms with E-state index < -0.39 is 0 Å². The average molecular weight is 355 g/mol. The van der Waals surface area contributed by atoms with Crippen LogP contribution in [0.2, 0.25) is 0 Å². The minimum atomic E-state index is -0.218. The number of piperidine rings is 1. The number of halogens is 1. The maximum absolute atomic E-state index is 13.4. The lowest BCUT2D eigenvalue weighted by Crippen LogP contribution is -2.44. The minimum Gasteiger partial charge on any atom is -0.348 e. The van der Waals surface area contributed by atoms with Gasteiger partial charge in [-0.25, -0.2) is 4.39 Å². The van der Waals surface area contributed by atoms with Gasteiger partial charge in [0.05, 0.1) is 0 Å². The number of carbonyl (C=O) groups excluding carboxylic acids is 1. The first kappa shape index (κ1) is 18.5. The molecule has 2 aliphatic rings. The highest BCUT2D eigenvalue weighted by Crippen LogP contribution is 2.26. The van der Waals surface area contributed by atoms with Crippen molar-refractivity contribution in [3.05, 3.63) is 59.1 Å². The number of nitrogens with zero attached hydrogens (tertiary/aromatic N) is 1. The van der Waals surface area contributed by atoms with E-state index in [1.807, 2.05) is 25.1 Å². The zero-order valence-corrected chi connectivity index (χ0v) is 15.3. The lowest BCUT2D eigenvalue weighted by molar-refractivity contribution is -0.118. The number of hydrogen-bond donors (Lipinski definition) is 2. The fourth-order valence-corrected chi connectivity index (χ4v) is 3.57. The number of aliphatic imine (C=N–C) groups is 1. The predicted octanol–water partition coefficient (Wildman–Crippen LogP) is 3.59. The number of carbonyl (C=O) groups is 1. The van der Waals surface area contributed by atoms with E-state index in [4.69, 9.17) is 0 Å². The third-order valence-corrected chi connectivity index (χ3v) is 4.96. The quantitative estimate of drug-likeness (QED) is 0.870. The Labute approximate surface area is 154 Å². The highest BCUT2D eigenvalue weighted by Gasteiger charge is 2.26. The van der Waals surface area contributed by atoms with Crippen molar-refractivity contribution in [2.24, 2.45) is 10.9 Å². The number of amides is 1. The van der Waals surface area contributed by atoms with Gasteiger partial charge in [-0.2, -0.15) is 0 Å². The molecule has 2 heterocycles. The minimum absolute atomic E-state index is 0.0746. The van der Waals surface area contributed by atoms with Gasteiger partial charge in [-0.15, -0.1) is 0 Å². The molecule has 1 aromatic rings. The lowest BCUT2D eigenvalue weighted by Gasteiger charge is -2.32. The molecular weight excluding hydrogens is 329 g/mol. The van der Waals surface area contributed by atoms with Crippen LogP contribution >= 0.6 is 0 Å². The van der Waals surface area contributed by atoms with E-state index in [0.717, 1.165) is 36.9 Å². The Hall–Kier alpha value is -2.27. The van der Waals surface area contributed by atoms with Crippen LogP contribution in [0.4, 0.5) is 4.39 Å². The van der Waals surface area contributed by atoms with E-state index in [2.05, 4.69) is 28.6 Å². The molecule has 5 heteroatoms. The summed E-state index contributed by atoms with van der Waals surface area (Å²) in [7, 11) is 0. The van der Waals surface area contributed by atoms with Crippen LogP contribution in [0.25, 0.3) is 0 Å². The summed E-state index contributed by atoms with van der Waals surface area (Å²) in [6.45, 7) is 4.81. The lowest BCUT2D eigenvalue weighted by atomic mass is 9.91. The molecule has 3 rings (SSSR count). The molecule has 26 heavy (non-hydrogen) atoms. The molecular formula is C21H26FN3O. The molecule has 2 N–H and O–H groups in total. The van der Waals surface area contributed by atoms with E-state index >= 15 is 0 Å². The summed E-state index contributed by atoms with van der Waals surface area (Å²) >= 11 is 0. The van der Waals surface area contributed by atoms with Gasteiger partial charge in [0.25, 0.3) is 5.91 Å².